The lowest BCUT2D eigenvalue weighted by Gasteiger charge is -2.29. The van der Waals surface area contributed by atoms with E-state index in [9.17, 15) is 0 Å². The molecular weight excluding hydrogens is 458 g/mol. The molecule has 0 aromatic heterocycles. The van der Waals surface area contributed by atoms with Crippen LogP contribution in [0.4, 0.5) is 0 Å². The van der Waals surface area contributed by atoms with Crippen LogP contribution in [0.3, 0.4) is 0 Å². The molecule has 0 radical (unpaired) electrons. The summed E-state index contributed by atoms with van der Waals surface area (Å²) in [6.07, 6.45) is 7.74. The SMILES string of the molecule is C=Cc1cc(P(CP(c2ccccc2)c2ccccc2)c2ccccc2)c(C=C)c(C=C)c1C=C. The third kappa shape index (κ3) is 5.36. The van der Waals surface area contributed by atoms with Gasteiger partial charge >= 0.3 is 0 Å². The minimum atomic E-state index is -0.698. The molecule has 1 unspecified atom stereocenters. The standard InChI is InChI=1S/C33H30P2/c1-5-26-24-33(32(8-4)31(7-3)30(26)6-2)35(29-22-16-11-17-23-29)25-34(27-18-12-9-13-19-27)28-20-14-10-15-21-28/h5-24H,1-4,25H2. The van der Waals surface area contributed by atoms with E-state index in [4.69, 9.17) is 0 Å². The first-order chi connectivity index (χ1) is 17.2. The van der Waals surface area contributed by atoms with Crippen molar-refractivity contribution in [1.82, 2.24) is 0 Å². The van der Waals surface area contributed by atoms with Crippen LogP contribution in [-0.2, 0) is 0 Å². The highest BCUT2D eigenvalue weighted by Gasteiger charge is 2.25. The van der Waals surface area contributed by atoms with E-state index in [-0.39, 0.29) is 0 Å². The average molecular weight is 489 g/mol. The Bertz CT molecular complexity index is 1280. The maximum atomic E-state index is 4.21. The Morgan fingerprint density at radius 3 is 1.31 bits per heavy atom. The molecule has 2 heteroatoms. The topological polar surface area (TPSA) is 0 Å². The lowest BCUT2D eigenvalue weighted by molar-refractivity contribution is 1.58. The van der Waals surface area contributed by atoms with E-state index in [1.54, 1.807) is 0 Å². The van der Waals surface area contributed by atoms with Crippen molar-refractivity contribution in [2.45, 2.75) is 0 Å². The molecular formula is C33H30P2. The minimum absolute atomic E-state index is 0.571. The van der Waals surface area contributed by atoms with E-state index in [0.29, 0.717) is 0 Å². The maximum Gasteiger partial charge on any atom is 0.00407 e. The lowest BCUT2D eigenvalue weighted by atomic mass is 9.95. The number of rotatable bonds is 10. The molecule has 0 spiro atoms. The van der Waals surface area contributed by atoms with Gasteiger partial charge in [0.2, 0.25) is 0 Å². The molecule has 0 aliphatic rings. The smallest absolute Gasteiger partial charge is 0.00407 e. The summed E-state index contributed by atoms with van der Waals surface area (Å²) in [5, 5.41) is 5.47. The fourth-order valence-corrected chi connectivity index (χ4v) is 11.0. The largest absolute Gasteiger partial charge is 0.0984 e. The first-order valence-electron chi connectivity index (χ1n) is 11.6. The van der Waals surface area contributed by atoms with Crippen molar-refractivity contribution in [3.63, 3.8) is 0 Å². The van der Waals surface area contributed by atoms with Crippen LogP contribution in [0.1, 0.15) is 22.3 Å². The molecule has 0 aliphatic heterocycles. The monoisotopic (exact) mass is 488 g/mol. The average Bonchev–Trinajstić information content (AvgIpc) is 2.93. The van der Waals surface area contributed by atoms with Gasteiger partial charge in [-0.05, 0) is 65.4 Å². The first kappa shape index (κ1) is 24.8. The summed E-state index contributed by atoms with van der Waals surface area (Å²) in [7, 11) is -1.27. The molecule has 0 saturated heterocycles. The molecule has 1 atom stereocenters. The van der Waals surface area contributed by atoms with Gasteiger partial charge < -0.3 is 0 Å². The van der Waals surface area contributed by atoms with Crippen LogP contribution in [0.5, 0.6) is 0 Å². The maximum absolute atomic E-state index is 4.21. The van der Waals surface area contributed by atoms with Crippen molar-refractivity contribution in [3.05, 3.63) is 146 Å². The summed E-state index contributed by atoms with van der Waals surface area (Å²) in [6.45, 7) is 16.5. The predicted molar refractivity (Wildman–Crippen MR) is 163 cm³/mol. The molecule has 0 saturated carbocycles. The van der Waals surface area contributed by atoms with Crippen molar-refractivity contribution in [3.8, 4) is 0 Å². The number of hydrogen-bond donors (Lipinski definition) is 0. The third-order valence-electron chi connectivity index (χ3n) is 6.07. The Labute approximate surface area is 212 Å². The summed E-state index contributed by atoms with van der Waals surface area (Å²) in [4.78, 5) is 0. The van der Waals surface area contributed by atoms with Crippen LogP contribution in [0.15, 0.2) is 123 Å². The predicted octanol–water partition coefficient (Wildman–Crippen LogP) is 7.78. The van der Waals surface area contributed by atoms with Crippen LogP contribution in [0.2, 0.25) is 0 Å². The van der Waals surface area contributed by atoms with Crippen molar-refractivity contribution in [1.29, 1.82) is 0 Å². The van der Waals surface area contributed by atoms with Crippen molar-refractivity contribution >= 4 is 61.4 Å². The molecule has 4 aromatic carbocycles. The summed E-state index contributed by atoms with van der Waals surface area (Å²) >= 11 is 0. The second-order valence-corrected chi connectivity index (χ2v) is 12.9. The van der Waals surface area contributed by atoms with Gasteiger partial charge in [-0.3, -0.25) is 0 Å². The molecule has 172 valence electrons. The molecule has 0 bridgehead atoms. The van der Waals surface area contributed by atoms with E-state index < -0.39 is 15.8 Å². The summed E-state index contributed by atoms with van der Waals surface area (Å²) in [5.74, 6) is 1.05. The second-order valence-electron chi connectivity index (χ2n) is 8.05. The van der Waals surface area contributed by atoms with Crippen LogP contribution < -0.4 is 21.2 Å². The van der Waals surface area contributed by atoms with Crippen LogP contribution in [-0.4, -0.2) is 5.90 Å². The Morgan fingerprint density at radius 1 is 0.486 bits per heavy atom. The van der Waals surface area contributed by atoms with Gasteiger partial charge in [0.25, 0.3) is 0 Å². The van der Waals surface area contributed by atoms with Gasteiger partial charge in [-0.15, -0.1) is 0 Å². The molecule has 0 N–H and O–H groups in total. The van der Waals surface area contributed by atoms with E-state index in [1.165, 1.54) is 21.2 Å². The number of benzene rings is 4. The molecule has 0 amide bonds. The third-order valence-corrected chi connectivity index (χ3v) is 12.0. The quantitative estimate of drug-likeness (QED) is 0.200. The molecule has 0 aliphatic carbocycles. The molecule has 0 fully saturated rings. The summed E-state index contributed by atoms with van der Waals surface area (Å²) < 4.78 is 0. The Hall–Kier alpha value is -3.30. The van der Waals surface area contributed by atoms with Crippen LogP contribution in [0.25, 0.3) is 24.3 Å². The molecule has 0 heterocycles. The minimum Gasteiger partial charge on any atom is -0.0984 e. The zero-order valence-electron chi connectivity index (χ0n) is 20.0. The molecule has 4 aromatic rings. The molecule has 4 rings (SSSR count). The summed E-state index contributed by atoms with van der Waals surface area (Å²) in [5.41, 5.74) is 4.37. The van der Waals surface area contributed by atoms with Gasteiger partial charge in [-0.1, -0.05) is 142 Å². The van der Waals surface area contributed by atoms with E-state index >= 15 is 0 Å². The fourth-order valence-electron chi connectivity index (χ4n) is 4.37. The zero-order chi connectivity index (χ0) is 24.6. The lowest BCUT2D eigenvalue weighted by Crippen LogP contribution is -2.22. The van der Waals surface area contributed by atoms with Gasteiger partial charge in [0.15, 0.2) is 0 Å². The second kappa shape index (κ2) is 11.9. The first-order valence-corrected chi connectivity index (χ1v) is 14.7. The van der Waals surface area contributed by atoms with Crippen LogP contribution in [0, 0.1) is 0 Å². The zero-order valence-corrected chi connectivity index (χ0v) is 21.8. The van der Waals surface area contributed by atoms with E-state index in [1.807, 2.05) is 24.3 Å². The summed E-state index contributed by atoms with van der Waals surface area (Å²) in [6, 6.07) is 35.1. The van der Waals surface area contributed by atoms with Gasteiger partial charge in [0, 0.05) is 5.90 Å². The Morgan fingerprint density at radius 2 is 0.914 bits per heavy atom. The van der Waals surface area contributed by atoms with Crippen LogP contribution >= 0.6 is 15.8 Å². The van der Waals surface area contributed by atoms with E-state index in [2.05, 4.69) is 123 Å². The van der Waals surface area contributed by atoms with Gasteiger partial charge in [-0.2, -0.15) is 0 Å². The van der Waals surface area contributed by atoms with Gasteiger partial charge in [0.1, 0.15) is 0 Å². The normalized spacial score (nSPS) is 11.6. The van der Waals surface area contributed by atoms with Crippen molar-refractivity contribution in [2.24, 2.45) is 0 Å². The van der Waals surface area contributed by atoms with Crippen molar-refractivity contribution in [2.75, 3.05) is 5.90 Å². The molecule has 0 nitrogen and oxygen atoms in total. The highest BCUT2D eigenvalue weighted by Crippen LogP contribution is 2.50. The highest BCUT2D eigenvalue weighted by molar-refractivity contribution is 7.88. The number of hydrogen-bond acceptors (Lipinski definition) is 0. The highest BCUT2D eigenvalue weighted by atomic mass is 31.2. The fraction of sp³-hybridized carbons (Fsp3) is 0.0303. The van der Waals surface area contributed by atoms with Gasteiger partial charge in [0.05, 0.1) is 0 Å². The van der Waals surface area contributed by atoms with Gasteiger partial charge in [-0.25, -0.2) is 0 Å². The molecule has 35 heavy (non-hydrogen) atoms. The van der Waals surface area contributed by atoms with E-state index in [0.717, 1.165) is 28.2 Å². The Kier molecular flexibility index (Phi) is 8.44. The van der Waals surface area contributed by atoms with Crippen molar-refractivity contribution < 1.29 is 0 Å². The Balaban J connectivity index is 1.96.